The highest BCUT2D eigenvalue weighted by Gasteiger charge is 2.30. The Kier molecular flexibility index (Phi) is 4.22. The molecular formula is C5H7F3O3S. The fourth-order valence-electron chi connectivity index (χ4n) is 0.456. The SMILES string of the molecule is O=C(O)CCS(=O)CC(F)(F)F. The molecule has 0 saturated heterocycles. The van der Waals surface area contributed by atoms with E-state index >= 15 is 0 Å². The lowest BCUT2D eigenvalue weighted by Crippen LogP contribution is -2.21. The van der Waals surface area contributed by atoms with Crippen molar-refractivity contribution in [1.29, 1.82) is 0 Å². The van der Waals surface area contributed by atoms with E-state index in [0.29, 0.717) is 0 Å². The topological polar surface area (TPSA) is 54.4 Å². The molecule has 0 saturated carbocycles. The Balaban J connectivity index is 3.68. The zero-order valence-corrected chi connectivity index (χ0v) is 6.74. The van der Waals surface area contributed by atoms with Crippen molar-refractivity contribution in [1.82, 2.24) is 0 Å². The summed E-state index contributed by atoms with van der Waals surface area (Å²) in [5.41, 5.74) is 0. The van der Waals surface area contributed by atoms with Crippen molar-refractivity contribution < 1.29 is 27.3 Å². The van der Waals surface area contributed by atoms with Crippen LogP contribution < -0.4 is 0 Å². The Morgan fingerprint density at radius 1 is 1.42 bits per heavy atom. The number of hydrogen-bond donors (Lipinski definition) is 1. The van der Waals surface area contributed by atoms with E-state index in [4.69, 9.17) is 5.11 Å². The second-order valence-electron chi connectivity index (χ2n) is 2.05. The Bertz CT molecular complexity index is 189. The molecule has 0 aliphatic heterocycles. The molecular weight excluding hydrogens is 197 g/mol. The highest BCUT2D eigenvalue weighted by Crippen LogP contribution is 2.15. The highest BCUT2D eigenvalue weighted by molar-refractivity contribution is 7.85. The molecule has 0 fully saturated rings. The fourth-order valence-corrected chi connectivity index (χ4v) is 1.37. The molecule has 1 atom stereocenters. The molecule has 0 amide bonds. The molecule has 7 heteroatoms. The van der Waals surface area contributed by atoms with Crippen molar-refractivity contribution in [3.63, 3.8) is 0 Å². The number of carboxylic acid groups (broad SMARTS) is 1. The van der Waals surface area contributed by atoms with E-state index in [1.807, 2.05) is 0 Å². The van der Waals surface area contributed by atoms with Crippen LogP contribution >= 0.6 is 0 Å². The van der Waals surface area contributed by atoms with Gasteiger partial charge in [0.15, 0.2) is 0 Å². The molecule has 0 aromatic rings. The smallest absolute Gasteiger partial charge is 0.400 e. The summed E-state index contributed by atoms with van der Waals surface area (Å²) in [7, 11) is -2.12. The van der Waals surface area contributed by atoms with Gasteiger partial charge in [-0.25, -0.2) is 0 Å². The summed E-state index contributed by atoms with van der Waals surface area (Å²) in [6, 6.07) is 0. The van der Waals surface area contributed by atoms with Crippen LogP contribution in [0.4, 0.5) is 13.2 Å². The fraction of sp³-hybridized carbons (Fsp3) is 0.800. The van der Waals surface area contributed by atoms with E-state index < -0.39 is 40.9 Å². The molecule has 1 N–H and O–H groups in total. The zero-order chi connectivity index (χ0) is 9.78. The molecule has 1 unspecified atom stereocenters. The Labute approximate surface area is 69.0 Å². The van der Waals surface area contributed by atoms with Gasteiger partial charge in [-0.05, 0) is 0 Å². The van der Waals surface area contributed by atoms with Crippen molar-refractivity contribution in [3.05, 3.63) is 0 Å². The minimum absolute atomic E-state index is 0.450. The molecule has 0 radical (unpaired) electrons. The first-order valence-corrected chi connectivity index (χ1v) is 4.43. The molecule has 0 aliphatic carbocycles. The molecule has 0 rings (SSSR count). The van der Waals surface area contributed by atoms with Crippen LogP contribution in [0, 0.1) is 0 Å². The predicted octanol–water partition coefficient (Wildman–Crippen LogP) is 0.772. The maximum atomic E-state index is 11.5. The summed E-state index contributed by atoms with van der Waals surface area (Å²) in [4.78, 5) is 9.85. The summed E-state index contributed by atoms with van der Waals surface area (Å²) < 4.78 is 45.0. The third-order valence-electron chi connectivity index (χ3n) is 0.868. The summed E-state index contributed by atoms with van der Waals surface area (Å²) in [5.74, 6) is -3.12. The normalized spacial score (nSPS) is 14.2. The average Bonchev–Trinajstić information content (AvgIpc) is 1.79. The van der Waals surface area contributed by atoms with E-state index in [1.54, 1.807) is 0 Å². The standard InChI is InChI=1S/C5H7F3O3S/c6-5(7,8)3-12(11)2-1-4(9)10/h1-3H2,(H,9,10). The van der Waals surface area contributed by atoms with Crippen LogP contribution in [0.1, 0.15) is 6.42 Å². The van der Waals surface area contributed by atoms with Gasteiger partial charge >= 0.3 is 12.1 Å². The first-order chi connectivity index (χ1) is 5.31. The van der Waals surface area contributed by atoms with Gasteiger partial charge in [0.1, 0.15) is 5.75 Å². The predicted molar refractivity (Wildman–Crippen MR) is 36.2 cm³/mol. The lowest BCUT2D eigenvalue weighted by atomic mass is 10.5. The van der Waals surface area contributed by atoms with Gasteiger partial charge in [-0.1, -0.05) is 0 Å². The van der Waals surface area contributed by atoms with E-state index in [1.165, 1.54) is 0 Å². The quantitative estimate of drug-likeness (QED) is 0.735. The van der Waals surface area contributed by atoms with Gasteiger partial charge in [0, 0.05) is 16.6 Å². The number of rotatable bonds is 4. The van der Waals surface area contributed by atoms with Crippen molar-refractivity contribution in [2.75, 3.05) is 11.5 Å². The molecule has 0 spiro atoms. The summed E-state index contributed by atoms with van der Waals surface area (Å²) in [6.07, 6.45) is -4.98. The van der Waals surface area contributed by atoms with Crippen LogP contribution in [0.5, 0.6) is 0 Å². The second kappa shape index (κ2) is 4.44. The van der Waals surface area contributed by atoms with Crippen LogP contribution in [-0.2, 0) is 15.6 Å². The van der Waals surface area contributed by atoms with Crippen LogP contribution in [0.15, 0.2) is 0 Å². The maximum Gasteiger partial charge on any atom is 0.400 e. The van der Waals surface area contributed by atoms with Crippen molar-refractivity contribution in [3.8, 4) is 0 Å². The van der Waals surface area contributed by atoms with Crippen molar-refractivity contribution >= 4 is 16.8 Å². The minimum Gasteiger partial charge on any atom is -0.481 e. The molecule has 0 aromatic carbocycles. The average molecular weight is 204 g/mol. The number of hydrogen-bond acceptors (Lipinski definition) is 2. The summed E-state index contributed by atoms with van der Waals surface area (Å²) >= 11 is 0. The molecule has 0 bridgehead atoms. The number of carboxylic acids is 1. The number of alkyl halides is 3. The van der Waals surface area contributed by atoms with Crippen LogP contribution in [0.25, 0.3) is 0 Å². The third kappa shape index (κ3) is 7.52. The Morgan fingerprint density at radius 3 is 2.25 bits per heavy atom. The summed E-state index contributed by atoms with van der Waals surface area (Å²) in [6.45, 7) is 0. The first kappa shape index (κ1) is 11.4. The number of halogens is 3. The number of carbonyl (C=O) groups is 1. The van der Waals surface area contributed by atoms with Crippen LogP contribution in [0.3, 0.4) is 0 Å². The lowest BCUT2D eigenvalue weighted by Gasteiger charge is -2.04. The van der Waals surface area contributed by atoms with Gasteiger partial charge < -0.3 is 5.11 Å². The molecule has 0 aliphatic rings. The lowest BCUT2D eigenvalue weighted by molar-refractivity contribution is -0.136. The van der Waals surface area contributed by atoms with E-state index in [9.17, 15) is 22.2 Å². The molecule has 12 heavy (non-hydrogen) atoms. The molecule has 0 aromatic heterocycles. The Hall–Kier alpha value is -0.590. The van der Waals surface area contributed by atoms with Gasteiger partial charge in [0.05, 0.1) is 6.42 Å². The van der Waals surface area contributed by atoms with Crippen molar-refractivity contribution in [2.45, 2.75) is 12.6 Å². The maximum absolute atomic E-state index is 11.5. The van der Waals surface area contributed by atoms with Crippen LogP contribution in [-0.4, -0.2) is 33.0 Å². The van der Waals surface area contributed by atoms with Gasteiger partial charge in [0.2, 0.25) is 0 Å². The van der Waals surface area contributed by atoms with E-state index in [0.717, 1.165) is 0 Å². The monoisotopic (exact) mass is 204 g/mol. The third-order valence-corrected chi connectivity index (χ3v) is 2.18. The van der Waals surface area contributed by atoms with Gasteiger partial charge in [-0.3, -0.25) is 9.00 Å². The number of aliphatic carboxylic acids is 1. The van der Waals surface area contributed by atoms with E-state index in [-0.39, 0.29) is 0 Å². The molecule has 0 heterocycles. The van der Waals surface area contributed by atoms with Gasteiger partial charge in [-0.15, -0.1) is 0 Å². The highest BCUT2D eigenvalue weighted by atomic mass is 32.2. The van der Waals surface area contributed by atoms with E-state index in [2.05, 4.69) is 0 Å². The largest absolute Gasteiger partial charge is 0.481 e. The molecule has 3 nitrogen and oxygen atoms in total. The summed E-state index contributed by atoms with van der Waals surface area (Å²) in [5, 5.41) is 8.04. The van der Waals surface area contributed by atoms with Gasteiger partial charge in [-0.2, -0.15) is 13.2 Å². The van der Waals surface area contributed by atoms with Crippen LogP contribution in [0.2, 0.25) is 0 Å². The molecule has 72 valence electrons. The zero-order valence-electron chi connectivity index (χ0n) is 5.93. The van der Waals surface area contributed by atoms with Crippen molar-refractivity contribution in [2.24, 2.45) is 0 Å². The Morgan fingerprint density at radius 2 is 1.92 bits per heavy atom. The second-order valence-corrected chi connectivity index (χ2v) is 3.62. The van der Waals surface area contributed by atoms with Gasteiger partial charge in [0.25, 0.3) is 0 Å². The minimum atomic E-state index is -4.48. The first-order valence-electron chi connectivity index (χ1n) is 2.95.